The normalized spacial score (nSPS) is 16.1. The molecule has 1 heterocycles. The lowest BCUT2D eigenvalue weighted by atomic mass is 10.1. The van der Waals surface area contributed by atoms with Crippen molar-refractivity contribution in [2.75, 3.05) is 6.61 Å². The first kappa shape index (κ1) is 13.4. The van der Waals surface area contributed by atoms with Gasteiger partial charge in [-0.3, -0.25) is 4.79 Å². The fraction of sp³-hybridized carbons (Fsp3) is 0.188. The summed E-state index contributed by atoms with van der Waals surface area (Å²) in [7, 11) is 0. The third-order valence-corrected chi connectivity index (χ3v) is 3.36. The summed E-state index contributed by atoms with van der Waals surface area (Å²) >= 11 is 0. The summed E-state index contributed by atoms with van der Waals surface area (Å²) in [6.07, 6.45) is 0.559. The van der Waals surface area contributed by atoms with Crippen molar-refractivity contribution in [1.82, 2.24) is 0 Å². The molecule has 1 amide bonds. The first-order valence-electron chi connectivity index (χ1n) is 6.61. The fourth-order valence-electron chi connectivity index (χ4n) is 2.39. The highest BCUT2D eigenvalue weighted by atomic mass is 19.1. The van der Waals surface area contributed by atoms with Crippen LogP contribution in [0, 0.1) is 5.82 Å². The molecule has 21 heavy (non-hydrogen) atoms. The van der Waals surface area contributed by atoms with Gasteiger partial charge in [-0.05, 0) is 23.8 Å². The molecule has 0 radical (unpaired) electrons. The Balaban J connectivity index is 1.70. The number of hydrogen-bond donors (Lipinski definition) is 1. The zero-order valence-electron chi connectivity index (χ0n) is 11.2. The molecule has 0 fully saturated rings. The zero-order valence-corrected chi connectivity index (χ0v) is 11.2. The molecule has 5 heteroatoms. The van der Waals surface area contributed by atoms with Crippen molar-refractivity contribution in [3.63, 3.8) is 0 Å². The van der Waals surface area contributed by atoms with E-state index in [0.717, 1.165) is 17.7 Å². The second-order valence-corrected chi connectivity index (χ2v) is 4.84. The number of hydrogen-bond acceptors (Lipinski definition) is 3. The quantitative estimate of drug-likeness (QED) is 0.938. The molecule has 2 aromatic rings. The Morgan fingerprint density at radius 1 is 1.29 bits per heavy atom. The Bertz CT molecular complexity index is 662. The minimum Gasteiger partial charge on any atom is -0.489 e. The van der Waals surface area contributed by atoms with Crippen molar-refractivity contribution in [3.05, 3.63) is 59.4 Å². The maximum atomic E-state index is 13.6. The van der Waals surface area contributed by atoms with Gasteiger partial charge in [0.05, 0.1) is 0 Å². The van der Waals surface area contributed by atoms with Gasteiger partial charge in [0.2, 0.25) is 0 Å². The third-order valence-electron chi connectivity index (χ3n) is 3.36. The van der Waals surface area contributed by atoms with E-state index in [2.05, 4.69) is 0 Å². The molecular weight excluding hydrogens is 273 g/mol. The van der Waals surface area contributed by atoms with Gasteiger partial charge in [0.15, 0.2) is 0 Å². The van der Waals surface area contributed by atoms with Gasteiger partial charge in [0.1, 0.15) is 35.6 Å². The second-order valence-electron chi connectivity index (χ2n) is 4.84. The van der Waals surface area contributed by atoms with Crippen LogP contribution < -0.4 is 15.2 Å². The Morgan fingerprint density at radius 3 is 2.86 bits per heavy atom. The Kier molecular flexibility index (Phi) is 3.48. The first-order chi connectivity index (χ1) is 10.1. The summed E-state index contributed by atoms with van der Waals surface area (Å²) in [5, 5.41) is 0. The van der Waals surface area contributed by atoms with E-state index in [9.17, 15) is 9.18 Å². The summed E-state index contributed by atoms with van der Waals surface area (Å²) in [5.74, 6) is -0.558. The number of rotatable bonds is 4. The van der Waals surface area contributed by atoms with Crippen molar-refractivity contribution in [1.29, 1.82) is 0 Å². The number of para-hydroxylation sites is 1. The summed E-state index contributed by atoms with van der Waals surface area (Å²) in [5.41, 5.74) is 6.06. The lowest BCUT2D eigenvalue weighted by Crippen LogP contribution is -2.24. The fourth-order valence-corrected chi connectivity index (χ4v) is 2.39. The van der Waals surface area contributed by atoms with E-state index in [1.807, 2.05) is 24.3 Å². The van der Waals surface area contributed by atoms with Crippen LogP contribution in [-0.4, -0.2) is 18.6 Å². The van der Waals surface area contributed by atoms with Gasteiger partial charge in [-0.25, -0.2) is 4.39 Å². The number of ether oxygens (including phenoxy) is 2. The highest BCUT2D eigenvalue weighted by molar-refractivity contribution is 5.95. The van der Waals surface area contributed by atoms with E-state index in [4.69, 9.17) is 15.2 Å². The van der Waals surface area contributed by atoms with Crippen LogP contribution in [0.2, 0.25) is 0 Å². The van der Waals surface area contributed by atoms with E-state index in [1.54, 1.807) is 0 Å². The molecule has 1 unspecified atom stereocenters. The van der Waals surface area contributed by atoms with Crippen molar-refractivity contribution >= 4 is 5.91 Å². The van der Waals surface area contributed by atoms with Crippen LogP contribution in [0.1, 0.15) is 15.9 Å². The van der Waals surface area contributed by atoms with Gasteiger partial charge < -0.3 is 15.2 Å². The molecule has 1 aliphatic heterocycles. The second kappa shape index (κ2) is 5.44. The summed E-state index contributed by atoms with van der Waals surface area (Å²) in [6, 6.07) is 11.9. The molecule has 2 N–H and O–H groups in total. The lowest BCUT2D eigenvalue weighted by molar-refractivity contribution is 0.0986. The Morgan fingerprint density at radius 2 is 2.10 bits per heavy atom. The van der Waals surface area contributed by atoms with Crippen LogP contribution >= 0.6 is 0 Å². The molecule has 1 atom stereocenters. The average molecular weight is 287 g/mol. The maximum Gasteiger partial charge on any atom is 0.255 e. The van der Waals surface area contributed by atoms with Crippen LogP contribution in [0.4, 0.5) is 4.39 Å². The number of amides is 1. The zero-order chi connectivity index (χ0) is 14.8. The number of halogens is 1. The van der Waals surface area contributed by atoms with E-state index >= 15 is 0 Å². The van der Waals surface area contributed by atoms with Crippen molar-refractivity contribution in [2.24, 2.45) is 5.73 Å². The van der Waals surface area contributed by atoms with Crippen LogP contribution in [0.3, 0.4) is 0 Å². The van der Waals surface area contributed by atoms with Crippen LogP contribution in [0.5, 0.6) is 11.5 Å². The molecule has 0 saturated carbocycles. The summed E-state index contributed by atoms with van der Waals surface area (Å²) in [6.45, 7) is 0.221. The number of primary amides is 1. The van der Waals surface area contributed by atoms with E-state index < -0.39 is 11.7 Å². The largest absolute Gasteiger partial charge is 0.489 e. The number of carbonyl (C=O) groups is 1. The SMILES string of the molecule is NC(=O)c1c(F)cccc1OCC1Cc2ccccc2O1. The van der Waals surface area contributed by atoms with E-state index in [1.165, 1.54) is 18.2 Å². The molecule has 0 aliphatic carbocycles. The van der Waals surface area contributed by atoms with Gasteiger partial charge >= 0.3 is 0 Å². The average Bonchev–Trinajstić information content (AvgIpc) is 2.87. The minimum atomic E-state index is -0.848. The van der Waals surface area contributed by atoms with Crippen molar-refractivity contribution in [2.45, 2.75) is 12.5 Å². The monoisotopic (exact) mass is 287 g/mol. The number of carbonyl (C=O) groups excluding carboxylic acids is 1. The highest BCUT2D eigenvalue weighted by Crippen LogP contribution is 2.29. The lowest BCUT2D eigenvalue weighted by Gasteiger charge is -2.14. The Hall–Kier alpha value is -2.56. The molecule has 0 saturated heterocycles. The molecule has 2 aromatic carbocycles. The van der Waals surface area contributed by atoms with Gasteiger partial charge in [0.25, 0.3) is 5.91 Å². The van der Waals surface area contributed by atoms with E-state index in [-0.39, 0.29) is 24.0 Å². The Labute approximate surface area is 121 Å². The van der Waals surface area contributed by atoms with Crippen LogP contribution in [-0.2, 0) is 6.42 Å². The highest BCUT2D eigenvalue weighted by Gasteiger charge is 2.24. The van der Waals surface area contributed by atoms with Crippen molar-refractivity contribution < 1.29 is 18.7 Å². The predicted octanol–water partition coefficient (Wildman–Crippen LogP) is 2.31. The molecule has 0 aromatic heterocycles. The van der Waals surface area contributed by atoms with Crippen molar-refractivity contribution in [3.8, 4) is 11.5 Å². The van der Waals surface area contributed by atoms with Gasteiger partial charge in [-0.15, -0.1) is 0 Å². The standard InChI is InChI=1S/C16H14FNO3/c17-12-5-3-7-14(15(12)16(18)19)20-9-11-8-10-4-1-2-6-13(10)21-11/h1-7,11H,8-9H2,(H2,18,19). The van der Waals surface area contributed by atoms with Gasteiger partial charge in [0, 0.05) is 6.42 Å². The van der Waals surface area contributed by atoms with Crippen LogP contribution in [0.25, 0.3) is 0 Å². The molecule has 0 bridgehead atoms. The molecule has 0 spiro atoms. The number of nitrogens with two attached hydrogens (primary N) is 1. The summed E-state index contributed by atoms with van der Waals surface area (Å²) < 4.78 is 24.9. The smallest absolute Gasteiger partial charge is 0.255 e. The predicted molar refractivity (Wildman–Crippen MR) is 75.0 cm³/mol. The first-order valence-corrected chi connectivity index (χ1v) is 6.61. The number of fused-ring (bicyclic) bond motifs is 1. The topological polar surface area (TPSA) is 61.6 Å². The molecular formula is C16H14FNO3. The molecule has 4 nitrogen and oxygen atoms in total. The molecule has 1 aliphatic rings. The van der Waals surface area contributed by atoms with E-state index in [0.29, 0.717) is 0 Å². The molecule has 3 rings (SSSR count). The molecule has 108 valence electrons. The minimum absolute atomic E-state index is 0.141. The number of benzene rings is 2. The van der Waals surface area contributed by atoms with Crippen LogP contribution in [0.15, 0.2) is 42.5 Å². The maximum absolute atomic E-state index is 13.6. The van der Waals surface area contributed by atoms with Gasteiger partial charge in [-0.2, -0.15) is 0 Å². The van der Waals surface area contributed by atoms with Gasteiger partial charge in [-0.1, -0.05) is 24.3 Å². The summed E-state index contributed by atoms with van der Waals surface area (Å²) in [4.78, 5) is 11.3. The third kappa shape index (κ3) is 2.67.